The summed E-state index contributed by atoms with van der Waals surface area (Å²) in [5.41, 5.74) is 0.820. The van der Waals surface area contributed by atoms with Crippen molar-refractivity contribution in [3.8, 4) is 5.75 Å². The van der Waals surface area contributed by atoms with Crippen LogP contribution in [0.4, 0.5) is 0 Å². The zero-order valence-corrected chi connectivity index (χ0v) is 11.0. The Morgan fingerprint density at radius 2 is 2.00 bits per heavy atom. The van der Waals surface area contributed by atoms with Gasteiger partial charge in [-0.2, -0.15) is 0 Å². The summed E-state index contributed by atoms with van der Waals surface area (Å²) < 4.78 is 26.3. The third-order valence-electron chi connectivity index (χ3n) is 2.53. The van der Waals surface area contributed by atoms with Gasteiger partial charge in [-0.3, -0.25) is 4.98 Å². The van der Waals surface area contributed by atoms with Gasteiger partial charge in [0.05, 0.1) is 4.90 Å². The van der Waals surface area contributed by atoms with Gasteiger partial charge in [0.1, 0.15) is 5.75 Å². The molecule has 1 aromatic heterocycles. The number of nitrogens with zero attached hydrogens (tertiary/aromatic N) is 1. The molecule has 0 spiro atoms. The van der Waals surface area contributed by atoms with E-state index in [0.29, 0.717) is 6.42 Å². The van der Waals surface area contributed by atoms with Gasteiger partial charge in [-0.05, 0) is 30.3 Å². The van der Waals surface area contributed by atoms with Crippen LogP contribution < -0.4 is 4.72 Å². The minimum absolute atomic E-state index is 0.0496. The van der Waals surface area contributed by atoms with Crippen LogP contribution in [0.25, 0.3) is 0 Å². The number of phenols is 1. The number of rotatable bonds is 5. The standard InChI is InChI=1S/C13H14N2O3S/c16-12-5-3-6-13(10-12)19(17,18)15-9-7-11-4-1-2-8-14-11/h1-6,8,10,15-16H,7,9H2. The number of hydrogen-bond acceptors (Lipinski definition) is 4. The third-order valence-corrected chi connectivity index (χ3v) is 3.99. The summed E-state index contributed by atoms with van der Waals surface area (Å²) in [4.78, 5) is 4.16. The third kappa shape index (κ3) is 3.77. The van der Waals surface area contributed by atoms with E-state index >= 15 is 0 Å². The Bertz CT molecular complexity index is 642. The zero-order chi connectivity index (χ0) is 13.7. The first-order chi connectivity index (χ1) is 9.08. The molecule has 2 rings (SSSR count). The molecule has 0 unspecified atom stereocenters. The van der Waals surface area contributed by atoms with Gasteiger partial charge in [0.15, 0.2) is 0 Å². The van der Waals surface area contributed by atoms with Gasteiger partial charge in [-0.15, -0.1) is 0 Å². The van der Waals surface area contributed by atoms with Crippen molar-refractivity contribution >= 4 is 10.0 Å². The smallest absolute Gasteiger partial charge is 0.240 e. The van der Waals surface area contributed by atoms with E-state index in [2.05, 4.69) is 9.71 Å². The topological polar surface area (TPSA) is 79.3 Å². The van der Waals surface area contributed by atoms with Crippen LogP contribution in [-0.4, -0.2) is 25.1 Å². The summed E-state index contributed by atoms with van der Waals surface area (Å²) in [7, 11) is -3.59. The summed E-state index contributed by atoms with van der Waals surface area (Å²) in [6.45, 7) is 0.259. The molecular weight excluding hydrogens is 264 g/mol. The van der Waals surface area contributed by atoms with Crippen LogP contribution in [0, 0.1) is 0 Å². The second kappa shape index (κ2) is 5.81. The molecule has 1 heterocycles. The number of nitrogens with one attached hydrogen (secondary N) is 1. The van der Waals surface area contributed by atoms with Gasteiger partial charge in [-0.1, -0.05) is 12.1 Å². The number of aromatic hydroxyl groups is 1. The number of hydrogen-bond donors (Lipinski definition) is 2. The maximum absolute atomic E-state index is 11.9. The summed E-state index contributed by atoms with van der Waals surface area (Å²) in [5, 5.41) is 9.28. The molecule has 0 aliphatic heterocycles. The molecule has 0 bridgehead atoms. The van der Waals surface area contributed by atoms with Crippen LogP contribution in [0.2, 0.25) is 0 Å². The highest BCUT2D eigenvalue weighted by Gasteiger charge is 2.13. The first-order valence-electron chi connectivity index (χ1n) is 5.76. The van der Waals surface area contributed by atoms with Crippen LogP contribution in [0.5, 0.6) is 5.75 Å². The molecular formula is C13H14N2O3S. The van der Waals surface area contributed by atoms with E-state index in [9.17, 15) is 13.5 Å². The molecule has 0 aliphatic rings. The largest absolute Gasteiger partial charge is 0.508 e. The molecule has 100 valence electrons. The van der Waals surface area contributed by atoms with E-state index in [1.807, 2.05) is 12.1 Å². The average molecular weight is 278 g/mol. The van der Waals surface area contributed by atoms with E-state index in [1.54, 1.807) is 12.3 Å². The Hall–Kier alpha value is -1.92. The predicted molar refractivity (Wildman–Crippen MR) is 71.2 cm³/mol. The molecule has 19 heavy (non-hydrogen) atoms. The molecule has 0 atom stereocenters. The fraction of sp³-hybridized carbons (Fsp3) is 0.154. The van der Waals surface area contributed by atoms with Crippen LogP contribution in [0.3, 0.4) is 0 Å². The predicted octanol–water partition coefficient (Wildman–Crippen LogP) is 1.31. The minimum Gasteiger partial charge on any atom is -0.508 e. The van der Waals surface area contributed by atoms with Gasteiger partial charge < -0.3 is 5.11 Å². The molecule has 2 aromatic rings. The van der Waals surface area contributed by atoms with Crippen LogP contribution in [0.15, 0.2) is 53.6 Å². The second-order valence-corrected chi connectivity index (χ2v) is 5.73. The normalized spacial score (nSPS) is 11.4. The van der Waals surface area contributed by atoms with Crippen molar-refractivity contribution in [2.45, 2.75) is 11.3 Å². The lowest BCUT2D eigenvalue weighted by Crippen LogP contribution is -2.26. The molecule has 0 saturated heterocycles. The Morgan fingerprint density at radius 1 is 1.16 bits per heavy atom. The second-order valence-electron chi connectivity index (χ2n) is 3.97. The summed E-state index contributed by atoms with van der Waals surface area (Å²) in [6, 6.07) is 11.1. The minimum atomic E-state index is -3.59. The fourth-order valence-corrected chi connectivity index (χ4v) is 2.66. The van der Waals surface area contributed by atoms with E-state index in [0.717, 1.165) is 5.69 Å². The quantitative estimate of drug-likeness (QED) is 0.864. The maximum Gasteiger partial charge on any atom is 0.240 e. The lowest BCUT2D eigenvalue weighted by atomic mass is 10.3. The number of phenolic OH excluding ortho intramolecular Hbond substituents is 1. The highest BCUT2D eigenvalue weighted by molar-refractivity contribution is 7.89. The zero-order valence-electron chi connectivity index (χ0n) is 10.2. The van der Waals surface area contributed by atoms with Gasteiger partial charge in [0.25, 0.3) is 0 Å². The van der Waals surface area contributed by atoms with Gasteiger partial charge >= 0.3 is 0 Å². The molecule has 0 amide bonds. The van der Waals surface area contributed by atoms with E-state index in [-0.39, 0.29) is 17.2 Å². The van der Waals surface area contributed by atoms with Crippen molar-refractivity contribution in [3.05, 3.63) is 54.4 Å². The number of aromatic nitrogens is 1. The number of benzene rings is 1. The first-order valence-corrected chi connectivity index (χ1v) is 7.25. The summed E-state index contributed by atoms with van der Waals surface area (Å²) >= 11 is 0. The van der Waals surface area contributed by atoms with Crippen molar-refractivity contribution in [2.24, 2.45) is 0 Å². The molecule has 6 heteroatoms. The fourth-order valence-electron chi connectivity index (χ4n) is 1.59. The van der Waals surface area contributed by atoms with Gasteiger partial charge in [0.2, 0.25) is 10.0 Å². The van der Waals surface area contributed by atoms with E-state index < -0.39 is 10.0 Å². The van der Waals surface area contributed by atoms with E-state index in [1.165, 1.54) is 24.3 Å². The van der Waals surface area contributed by atoms with Crippen molar-refractivity contribution in [1.82, 2.24) is 9.71 Å². The van der Waals surface area contributed by atoms with Gasteiger partial charge in [0, 0.05) is 24.9 Å². The highest BCUT2D eigenvalue weighted by Crippen LogP contribution is 2.15. The van der Waals surface area contributed by atoms with Crippen molar-refractivity contribution in [1.29, 1.82) is 0 Å². The SMILES string of the molecule is O=S(=O)(NCCc1ccccn1)c1cccc(O)c1. The molecule has 0 fully saturated rings. The van der Waals surface area contributed by atoms with Crippen molar-refractivity contribution < 1.29 is 13.5 Å². The van der Waals surface area contributed by atoms with E-state index in [4.69, 9.17) is 0 Å². The number of pyridine rings is 1. The molecule has 5 nitrogen and oxygen atoms in total. The molecule has 1 aromatic carbocycles. The highest BCUT2D eigenvalue weighted by atomic mass is 32.2. The van der Waals surface area contributed by atoms with Crippen molar-refractivity contribution in [3.63, 3.8) is 0 Å². The lowest BCUT2D eigenvalue weighted by molar-refractivity contribution is 0.473. The number of sulfonamides is 1. The van der Waals surface area contributed by atoms with Crippen LogP contribution in [0.1, 0.15) is 5.69 Å². The molecule has 2 N–H and O–H groups in total. The Balaban J connectivity index is 1.99. The molecule has 0 saturated carbocycles. The van der Waals surface area contributed by atoms with Crippen molar-refractivity contribution in [2.75, 3.05) is 6.54 Å². The summed E-state index contributed by atoms with van der Waals surface area (Å²) in [6.07, 6.45) is 2.18. The van der Waals surface area contributed by atoms with Crippen LogP contribution in [-0.2, 0) is 16.4 Å². The van der Waals surface area contributed by atoms with Crippen LogP contribution >= 0.6 is 0 Å². The monoisotopic (exact) mass is 278 g/mol. The Kier molecular flexibility index (Phi) is 4.13. The Morgan fingerprint density at radius 3 is 2.68 bits per heavy atom. The maximum atomic E-state index is 11.9. The lowest BCUT2D eigenvalue weighted by Gasteiger charge is -2.06. The molecule has 0 aliphatic carbocycles. The summed E-state index contributed by atoms with van der Waals surface area (Å²) in [5.74, 6) is -0.0763. The average Bonchev–Trinajstić information content (AvgIpc) is 2.40. The first kappa shape index (κ1) is 13.5. The Labute approximate surface area is 112 Å². The van der Waals surface area contributed by atoms with Gasteiger partial charge in [-0.25, -0.2) is 13.1 Å². The molecule has 0 radical (unpaired) electrons.